The predicted molar refractivity (Wildman–Crippen MR) is 101 cm³/mol. The highest BCUT2D eigenvalue weighted by molar-refractivity contribution is 6.00. The number of ether oxygens (including phenoxy) is 1. The van der Waals surface area contributed by atoms with Crippen LogP contribution in [0.15, 0.2) is 24.3 Å². The molecule has 7 heteroatoms. The maximum atomic E-state index is 11.9. The van der Waals surface area contributed by atoms with Crippen LogP contribution in [0.3, 0.4) is 0 Å². The normalized spacial score (nSPS) is 20.7. The Labute approximate surface area is 159 Å². The molecule has 0 saturated carbocycles. The highest BCUT2D eigenvalue weighted by Crippen LogP contribution is 2.26. The molecule has 1 aromatic rings. The van der Waals surface area contributed by atoms with Crippen molar-refractivity contribution in [2.45, 2.75) is 45.1 Å². The van der Waals surface area contributed by atoms with Gasteiger partial charge in [0.25, 0.3) is 0 Å². The van der Waals surface area contributed by atoms with Crippen molar-refractivity contribution in [2.75, 3.05) is 25.0 Å². The first-order valence-corrected chi connectivity index (χ1v) is 9.37. The fourth-order valence-corrected chi connectivity index (χ4v) is 3.28. The number of imide groups is 1. The van der Waals surface area contributed by atoms with Crippen molar-refractivity contribution in [1.29, 1.82) is 0 Å². The number of nitrogens with zero attached hydrogens (tertiary/aromatic N) is 1. The number of likely N-dealkylation sites (tertiary alicyclic amines) is 1. The van der Waals surface area contributed by atoms with Gasteiger partial charge >= 0.3 is 6.09 Å². The summed E-state index contributed by atoms with van der Waals surface area (Å²) in [6.45, 7) is 7.75. The maximum absolute atomic E-state index is 11.9. The summed E-state index contributed by atoms with van der Waals surface area (Å²) in [5.41, 5.74) is 1.43. The zero-order valence-corrected chi connectivity index (χ0v) is 16.1. The molecule has 1 atom stereocenters. The zero-order valence-electron chi connectivity index (χ0n) is 16.1. The summed E-state index contributed by atoms with van der Waals surface area (Å²) in [7, 11) is 0. The Morgan fingerprint density at radius 3 is 2.48 bits per heavy atom. The molecule has 0 bridgehead atoms. The van der Waals surface area contributed by atoms with Crippen LogP contribution in [0.2, 0.25) is 0 Å². The van der Waals surface area contributed by atoms with Gasteiger partial charge in [0.1, 0.15) is 5.60 Å². The second-order valence-electron chi connectivity index (χ2n) is 8.26. The number of nitrogens with one attached hydrogen (secondary N) is 2. The van der Waals surface area contributed by atoms with Gasteiger partial charge < -0.3 is 15.0 Å². The Bertz CT molecular complexity index is 718. The third kappa shape index (κ3) is 4.99. The Hall–Kier alpha value is -2.57. The van der Waals surface area contributed by atoms with E-state index in [1.54, 1.807) is 4.90 Å². The number of carbonyl (C=O) groups excluding carboxylic acids is 3. The topological polar surface area (TPSA) is 87.7 Å². The van der Waals surface area contributed by atoms with Crippen molar-refractivity contribution in [3.63, 3.8) is 0 Å². The molecule has 7 nitrogen and oxygen atoms in total. The Morgan fingerprint density at radius 2 is 1.89 bits per heavy atom. The minimum absolute atomic E-state index is 0.199. The van der Waals surface area contributed by atoms with E-state index < -0.39 is 5.60 Å². The van der Waals surface area contributed by atoms with Gasteiger partial charge in [-0.25, -0.2) is 4.79 Å². The maximum Gasteiger partial charge on any atom is 0.410 e. The van der Waals surface area contributed by atoms with Crippen molar-refractivity contribution in [1.82, 2.24) is 10.2 Å². The number of hydrogen-bond acceptors (Lipinski definition) is 5. The van der Waals surface area contributed by atoms with Crippen LogP contribution >= 0.6 is 0 Å². The Kier molecular flexibility index (Phi) is 5.39. The number of rotatable bonds is 4. The van der Waals surface area contributed by atoms with Gasteiger partial charge in [-0.1, -0.05) is 12.1 Å². The molecule has 1 unspecified atom stereocenters. The Morgan fingerprint density at radius 1 is 1.22 bits per heavy atom. The van der Waals surface area contributed by atoms with E-state index in [0.29, 0.717) is 31.8 Å². The molecular weight excluding hydrogens is 346 g/mol. The average Bonchev–Trinajstić information content (AvgIpc) is 2.52. The van der Waals surface area contributed by atoms with Crippen molar-refractivity contribution < 1.29 is 19.1 Å². The number of benzene rings is 1. The first-order chi connectivity index (χ1) is 12.7. The van der Waals surface area contributed by atoms with Crippen molar-refractivity contribution in [2.24, 2.45) is 5.92 Å². The Balaban J connectivity index is 1.43. The van der Waals surface area contributed by atoms with Gasteiger partial charge in [-0.15, -0.1) is 0 Å². The minimum Gasteiger partial charge on any atom is -0.444 e. The monoisotopic (exact) mass is 373 g/mol. The molecule has 1 aromatic carbocycles. The van der Waals surface area contributed by atoms with E-state index in [1.165, 1.54) is 0 Å². The third-order valence-corrected chi connectivity index (χ3v) is 4.76. The lowest BCUT2D eigenvalue weighted by molar-refractivity contribution is -0.134. The molecule has 0 aromatic heterocycles. The van der Waals surface area contributed by atoms with Gasteiger partial charge in [0, 0.05) is 37.7 Å². The summed E-state index contributed by atoms with van der Waals surface area (Å²) in [4.78, 5) is 36.8. The van der Waals surface area contributed by atoms with Crippen molar-refractivity contribution in [3.8, 4) is 0 Å². The number of hydrogen-bond donors (Lipinski definition) is 2. The standard InChI is InChI=1S/C20H27N3O4/c1-20(2,3)27-19(26)23-11-13(12-23)10-21-15-6-4-14(5-7-15)16-8-9-17(24)22-18(16)25/h4-7,13,16,21H,8-12H2,1-3H3,(H,22,24,25). The number of amides is 3. The lowest BCUT2D eigenvalue weighted by Crippen LogP contribution is -2.53. The van der Waals surface area contributed by atoms with Gasteiger partial charge in [0.05, 0.1) is 5.92 Å². The van der Waals surface area contributed by atoms with Crippen LogP contribution in [0.25, 0.3) is 0 Å². The molecule has 2 saturated heterocycles. The highest BCUT2D eigenvalue weighted by atomic mass is 16.6. The van der Waals surface area contributed by atoms with E-state index in [4.69, 9.17) is 4.74 Å². The smallest absolute Gasteiger partial charge is 0.410 e. The van der Waals surface area contributed by atoms with Gasteiger partial charge in [-0.05, 0) is 44.9 Å². The third-order valence-electron chi connectivity index (χ3n) is 4.76. The largest absolute Gasteiger partial charge is 0.444 e. The van der Waals surface area contributed by atoms with E-state index in [0.717, 1.165) is 17.8 Å². The fraction of sp³-hybridized carbons (Fsp3) is 0.550. The van der Waals surface area contributed by atoms with Crippen LogP contribution in [-0.4, -0.2) is 48.0 Å². The van der Waals surface area contributed by atoms with E-state index in [2.05, 4.69) is 10.6 Å². The number of carbonyl (C=O) groups is 3. The summed E-state index contributed by atoms with van der Waals surface area (Å²) < 4.78 is 5.35. The van der Waals surface area contributed by atoms with Crippen LogP contribution in [-0.2, 0) is 14.3 Å². The second-order valence-corrected chi connectivity index (χ2v) is 8.26. The molecule has 146 valence electrons. The predicted octanol–water partition coefficient (Wildman–Crippen LogP) is 2.49. The van der Waals surface area contributed by atoms with Gasteiger partial charge in [0.15, 0.2) is 0 Å². The van der Waals surface area contributed by atoms with Gasteiger partial charge in [-0.2, -0.15) is 0 Å². The summed E-state index contributed by atoms with van der Waals surface area (Å²) in [5.74, 6) is -0.280. The summed E-state index contributed by atoms with van der Waals surface area (Å²) in [6, 6.07) is 7.75. The quantitative estimate of drug-likeness (QED) is 0.792. The molecule has 2 aliphatic rings. The molecule has 0 aliphatic carbocycles. The molecule has 2 aliphatic heterocycles. The van der Waals surface area contributed by atoms with Crippen LogP contribution in [0, 0.1) is 5.92 Å². The molecule has 0 radical (unpaired) electrons. The van der Waals surface area contributed by atoms with Crippen LogP contribution in [0.1, 0.15) is 45.1 Å². The fourth-order valence-electron chi connectivity index (χ4n) is 3.28. The molecule has 3 rings (SSSR count). The summed E-state index contributed by atoms with van der Waals surface area (Å²) in [6.07, 6.45) is 0.680. The van der Waals surface area contributed by atoms with E-state index >= 15 is 0 Å². The van der Waals surface area contributed by atoms with Gasteiger partial charge in [-0.3, -0.25) is 14.9 Å². The molecular formula is C20H27N3O4. The number of anilines is 1. The number of piperidine rings is 1. The molecule has 27 heavy (non-hydrogen) atoms. The van der Waals surface area contributed by atoms with E-state index in [1.807, 2.05) is 45.0 Å². The molecule has 2 N–H and O–H groups in total. The van der Waals surface area contributed by atoms with Crippen LogP contribution < -0.4 is 10.6 Å². The van der Waals surface area contributed by atoms with E-state index in [-0.39, 0.29) is 23.8 Å². The first-order valence-electron chi connectivity index (χ1n) is 9.37. The van der Waals surface area contributed by atoms with Crippen LogP contribution in [0.5, 0.6) is 0 Å². The summed E-state index contributed by atoms with van der Waals surface area (Å²) in [5, 5.41) is 5.76. The van der Waals surface area contributed by atoms with Crippen molar-refractivity contribution >= 4 is 23.6 Å². The average molecular weight is 373 g/mol. The molecule has 0 spiro atoms. The lowest BCUT2D eigenvalue weighted by atomic mass is 9.90. The van der Waals surface area contributed by atoms with Gasteiger partial charge in [0.2, 0.25) is 11.8 Å². The zero-order chi connectivity index (χ0) is 19.6. The molecule has 3 amide bonds. The minimum atomic E-state index is -0.468. The molecule has 2 fully saturated rings. The summed E-state index contributed by atoms with van der Waals surface area (Å²) >= 11 is 0. The van der Waals surface area contributed by atoms with Crippen molar-refractivity contribution in [3.05, 3.63) is 29.8 Å². The van der Waals surface area contributed by atoms with Crippen LogP contribution in [0.4, 0.5) is 10.5 Å². The second kappa shape index (κ2) is 7.58. The highest BCUT2D eigenvalue weighted by Gasteiger charge is 2.33. The molecule has 2 heterocycles. The lowest BCUT2D eigenvalue weighted by Gasteiger charge is -2.40. The first kappa shape index (κ1) is 19.2. The van der Waals surface area contributed by atoms with E-state index in [9.17, 15) is 14.4 Å². The SMILES string of the molecule is CC(C)(C)OC(=O)N1CC(CNc2ccc(C3CCC(=O)NC3=O)cc2)C1.